The number of nitrogens with zero attached hydrogens (tertiary/aromatic N) is 1. The van der Waals surface area contributed by atoms with Gasteiger partial charge in [0.15, 0.2) is 5.96 Å². The Kier molecular flexibility index (Phi) is 8.09. The van der Waals surface area contributed by atoms with E-state index >= 15 is 0 Å². The third-order valence-corrected chi connectivity index (χ3v) is 2.94. The van der Waals surface area contributed by atoms with Crippen LogP contribution in [-0.2, 0) is 0 Å². The van der Waals surface area contributed by atoms with Gasteiger partial charge in [-0.25, -0.2) is 0 Å². The molecule has 0 aliphatic carbocycles. The molecule has 5 nitrogen and oxygen atoms in total. The molecule has 1 aromatic carbocycles. The monoisotopic (exact) mass is 293 g/mol. The smallest absolute Gasteiger partial charge is 0.191 e. The van der Waals surface area contributed by atoms with Crippen LogP contribution >= 0.6 is 0 Å². The molecule has 0 heterocycles. The minimum absolute atomic E-state index is 0.568. The van der Waals surface area contributed by atoms with E-state index in [0.717, 1.165) is 30.4 Å². The van der Waals surface area contributed by atoms with Crippen molar-refractivity contribution in [1.29, 1.82) is 0 Å². The molecule has 2 N–H and O–H groups in total. The standard InChI is InChI=1S/C16H27N3O2/c1-13(2)8-9-18-16(17-3)19-10-11-21-15-7-5-6-14(12-15)20-4/h5-7,12-13H,8-11H2,1-4H3,(H2,17,18,19). The van der Waals surface area contributed by atoms with Gasteiger partial charge in [0.1, 0.15) is 18.1 Å². The van der Waals surface area contributed by atoms with E-state index in [0.29, 0.717) is 19.1 Å². The average Bonchev–Trinajstić information content (AvgIpc) is 2.49. The molecular weight excluding hydrogens is 266 g/mol. The van der Waals surface area contributed by atoms with E-state index < -0.39 is 0 Å². The first-order valence-electron chi connectivity index (χ1n) is 7.37. The van der Waals surface area contributed by atoms with E-state index in [4.69, 9.17) is 9.47 Å². The number of rotatable bonds is 8. The SMILES string of the molecule is CN=C(NCCOc1cccc(OC)c1)NCCC(C)C. The number of aliphatic imine (C=N–C) groups is 1. The Hall–Kier alpha value is -1.91. The van der Waals surface area contributed by atoms with Gasteiger partial charge >= 0.3 is 0 Å². The van der Waals surface area contributed by atoms with E-state index in [1.165, 1.54) is 0 Å². The van der Waals surface area contributed by atoms with Crippen molar-refractivity contribution in [1.82, 2.24) is 10.6 Å². The van der Waals surface area contributed by atoms with E-state index in [1.807, 2.05) is 24.3 Å². The first-order valence-corrected chi connectivity index (χ1v) is 7.37. The number of methoxy groups -OCH3 is 1. The summed E-state index contributed by atoms with van der Waals surface area (Å²) in [6, 6.07) is 7.59. The first kappa shape index (κ1) is 17.1. The zero-order chi connectivity index (χ0) is 15.5. The molecule has 0 aliphatic rings. The van der Waals surface area contributed by atoms with Crippen molar-refractivity contribution in [2.75, 3.05) is 33.9 Å². The van der Waals surface area contributed by atoms with Crippen molar-refractivity contribution in [2.24, 2.45) is 10.9 Å². The van der Waals surface area contributed by atoms with Crippen molar-refractivity contribution in [3.63, 3.8) is 0 Å². The Morgan fingerprint density at radius 2 is 1.90 bits per heavy atom. The van der Waals surface area contributed by atoms with E-state index in [1.54, 1.807) is 14.2 Å². The summed E-state index contributed by atoms with van der Waals surface area (Å²) in [7, 11) is 3.42. The predicted octanol–water partition coefficient (Wildman–Crippen LogP) is 2.29. The van der Waals surface area contributed by atoms with E-state index in [2.05, 4.69) is 29.5 Å². The molecule has 21 heavy (non-hydrogen) atoms. The highest BCUT2D eigenvalue weighted by Gasteiger charge is 1.99. The summed E-state index contributed by atoms with van der Waals surface area (Å²) in [5.74, 6) is 3.10. The minimum atomic E-state index is 0.568. The fraction of sp³-hybridized carbons (Fsp3) is 0.562. The lowest BCUT2D eigenvalue weighted by Crippen LogP contribution is -2.39. The molecule has 0 spiro atoms. The molecule has 0 amide bonds. The van der Waals surface area contributed by atoms with Gasteiger partial charge in [-0.1, -0.05) is 19.9 Å². The second-order valence-corrected chi connectivity index (χ2v) is 5.14. The molecule has 118 valence electrons. The van der Waals surface area contributed by atoms with Gasteiger partial charge in [-0.05, 0) is 24.5 Å². The van der Waals surface area contributed by atoms with Crippen molar-refractivity contribution < 1.29 is 9.47 Å². The quantitative estimate of drug-likeness (QED) is 0.439. The predicted molar refractivity (Wildman–Crippen MR) is 87.3 cm³/mol. The van der Waals surface area contributed by atoms with Gasteiger partial charge in [0.05, 0.1) is 13.7 Å². The van der Waals surface area contributed by atoms with Crippen LogP contribution in [0.3, 0.4) is 0 Å². The topological polar surface area (TPSA) is 54.9 Å². The number of hydrogen-bond donors (Lipinski definition) is 2. The van der Waals surface area contributed by atoms with Crippen LogP contribution in [0.15, 0.2) is 29.3 Å². The summed E-state index contributed by atoms with van der Waals surface area (Å²) >= 11 is 0. The van der Waals surface area contributed by atoms with Crippen molar-refractivity contribution in [3.8, 4) is 11.5 Å². The van der Waals surface area contributed by atoms with Gasteiger partial charge in [-0.15, -0.1) is 0 Å². The molecule has 0 saturated carbocycles. The number of ether oxygens (including phenoxy) is 2. The lowest BCUT2D eigenvalue weighted by atomic mass is 10.1. The summed E-state index contributed by atoms with van der Waals surface area (Å²) in [6.07, 6.45) is 1.13. The van der Waals surface area contributed by atoms with Crippen LogP contribution in [0.2, 0.25) is 0 Å². The maximum absolute atomic E-state index is 5.66. The summed E-state index contributed by atoms with van der Waals surface area (Å²) < 4.78 is 10.8. The summed E-state index contributed by atoms with van der Waals surface area (Å²) in [5.41, 5.74) is 0. The van der Waals surface area contributed by atoms with E-state index in [9.17, 15) is 0 Å². The van der Waals surface area contributed by atoms with Gasteiger partial charge in [0.25, 0.3) is 0 Å². The van der Waals surface area contributed by atoms with Gasteiger partial charge in [0, 0.05) is 19.7 Å². The van der Waals surface area contributed by atoms with Crippen LogP contribution in [-0.4, -0.2) is 39.8 Å². The van der Waals surface area contributed by atoms with Gasteiger partial charge in [-0.3, -0.25) is 4.99 Å². The maximum Gasteiger partial charge on any atom is 0.191 e. The molecule has 1 rings (SSSR count). The molecule has 0 fully saturated rings. The van der Waals surface area contributed by atoms with Gasteiger partial charge in [-0.2, -0.15) is 0 Å². The fourth-order valence-corrected chi connectivity index (χ4v) is 1.73. The highest BCUT2D eigenvalue weighted by atomic mass is 16.5. The van der Waals surface area contributed by atoms with Crippen LogP contribution in [0.25, 0.3) is 0 Å². The van der Waals surface area contributed by atoms with Crippen molar-refractivity contribution in [2.45, 2.75) is 20.3 Å². The third-order valence-electron chi connectivity index (χ3n) is 2.94. The lowest BCUT2D eigenvalue weighted by molar-refractivity contribution is 0.319. The Bertz CT molecular complexity index is 433. The highest BCUT2D eigenvalue weighted by Crippen LogP contribution is 2.18. The van der Waals surface area contributed by atoms with Crippen LogP contribution < -0.4 is 20.1 Å². The Labute approximate surface area is 127 Å². The third kappa shape index (κ3) is 7.44. The number of nitrogens with one attached hydrogen (secondary N) is 2. The zero-order valence-corrected chi connectivity index (χ0v) is 13.5. The molecule has 0 radical (unpaired) electrons. The highest BCUT2D eigenvalue weighted by molar-refractivity contribution is 5.79. The largest absolute Gasteiger partial charge is 0.497 e. The summed E-state index contributed by atoms with van der Waals surface area (Å²) in [4.78, 5) is 4.18. The number of hydrogen-bond acceptors (Lipinski definition) is 3. The number of guanidine groups is 1. The summed E-state index contributed by atoms with van der Waals surface area (Å²) in [6.45, 7) is 6.60. The maximum atomic E-state index is 5.66. The van der Waals surface area contributed by atoms with Gasteiger partial charge in [0.2, 0.25) is 0 Å². The molecule has 0 aromatic heterocycles. The van der Waals surface area contributed by atoms with Crippen molar-refractivity contribution >= 4 is 5.96 Å². The van der Waals surface area contributed by atoms with Gasteiger partial charge < -0.3 is 20.1 Å². The van der Waals surface area contributed by atoms with Crippen molar-refractivity contribution in [3.05, 3.63) is 24.3 Å². The molecule has 0 atom stereocenters. The summed E-state index contributed by atoms with van der Waals surface area (Å²) in [5, 5.41) is 6.51. The first-order chi connectivity index (χ1) is 10.2. The average molecular weight is 293 g/mol. The van der Waals surface area contributed by atoms with Crippen LogP contribution in [0.1, 0.15) is 20.3 Å². The van der Waals surface area contributed by atoms with Crippen LogP contribution in [0, 0.1) is 5.92 Å². The Morgan fingerprint density at radius 3 is 2.57 bits per heavy atom. The molecule has 0 bridgehead atoms. The molecule has 0 aliphatic heterocycles. The molecule has 0 unspecified atom stereocenters. The number of benzene rings is 1. The van der Waals surface area contributed by atoms with Crippen LogP contribution in [0.5, 0.6) is 11.5 Å². The second-order valence-electron chi connectivity index (χ2n) is 5.14. The normalized spacial score (nSPS) is 11.4. The second kappa shape index (κ2) is 9.91. The molecular formula is C16H27N3O2. The van der Waals surface area contributed by atoms with E-state index in [-0.39, 0.29) is 0 Å². The van der Waals surface area contributed by atoms with Crippen LogP contribution in [0.4, 0.5) is 0 Å². The zero-order valence-electron chi connectivity index (χ0n) is 13.5. The Morgan fingerprint density at radius 1 is 1.19 bits per heavy atom. The minimum Gasteiger partial charge on any atom is -0.497 e. The molecule has 1 aromatic rings. The fourth-order valence-electron chi connectivity index (χ4n) is 1.73. The molecule has 0 saturated heterocycles. The lowest BCUT2D eigenvalue weighted by Gasteiger charge is -2.13. The molecule has 5 heteroatoms. The Balaban J connectivity index is 2.22.